The summed E-state index contributed by atoms with van der Waals surface area (Å²) in [6, 6.07) is 1.32. The van der Waals surface area contributed by atoms with Gasteiger partial charge in [0.1, 0.15) is 5.69 Å². The Hall–Kier alpha value is -2.97. The first-order valence-electron chi connectivity index (χ1n) is 9.20. The summed E-state index contributed by atoms with van der Waals surface area (Å²) in [5.41, 5.74) is -1.11. The number of nitrogens with zero attached hydrogens (tertiary/aromatic N) is 3. The molecule has 7 nitrogen and oxygen atoms in total. The molecule has 0 radical (unpaired) electrons. The highest BCUT2D eigenvalue weighted by atomic mass is 19.1. The van der Waals surface area contributed by atoms with Crippen molar-refractivity contribution in [3.8, 4) is 0 Å². The quantitative estimate of drug-likeness (QED) is 0.809. The van der Waals surface area contributed by atoms with Gasteiger partial charge in [0.05, 0.1) is 16.6 Å². The number of amides is 2. The predicted molar refractivity (Wildman–Crippen MR) is 101 cm³/mol. The molecule has 1 aromatic heterocycles. The van der Waals surface area contributed by atoms with Crippen LogP contribution in [-0.2, 0) is 9.59 Å². The number of piperazine rings is 1. The van der Waals surface area contributed by atoms with Crippen molar-refractivity contribution in [1.29, 1.82) is 0 Å². The summed E-state index contributed by atoms with van der Waals surface area (Å²) < 4.78 is 32.6. The molecule has 2 amide bonds. The summed E-state index contributed by atoms with van der Waals surface area (Å²) in [6.07, 6.45) is 3.92. The van der Waals surface area contributed by atoms with Crippen LogP contribution in [0.5, 0.6) is 0 Å². The highest BCUT2D eigenvalue weighted by Gasteiger charge is 2.32. The van der Waals surface area contributed by atoms with Crippen LogP contribution in [-0.4, -0.2) is 48.0 Å². The summed E-state index contributed by atoms with van der Waals surface area (Å²) in [4.78, 5) is 38.1. The van der Waals surface area contributed by atoms with E-state index < -0.39 is 23.0 Å². The molecule has 148 valence electrons. The maximum atomic E-state index is 15.6. The van der Waals surface area contributed by atoms with Gasteiger partial charge >= 0.3 is 0 Å². The number of halogens is 2. The molecule has 0 spiro atoms. The van der Waals surface area contributed by atoms with Crippen LogP contribution >= 0.6 is 0 Å². The van der Waals surface area contributed by atoms with Gasteiger partial charge in [0.25, 0.3) is 0 Å². The van der Waals surface area contributed by atoms with Crippen LogP contribution in [0.15, 0.2) is 17.1 Å². The molecule has 1 aliphatic heterocycles. The molecule has 0 bridgehead atoms. The molecule has 4 rings (SSSR count). The van der Waals surface area contributed by atoms with Crippen LogP contribution in [0, 0.1) is 11.6 Å². The third-order valence-corrected chi connectivity index (χ3v) is 5.24. The maximum absolute atomic E-state index is 15.6. The zero-order valence-electron chi connectivity index (χ0n) is 15.4. The smallest absolute Gasteiger partial charge is 0.221 e. The van der Waals surface area contributed by atoms with Gasteiger partial charge < -0.3 is 19.7 Å². The van der Waals surface area contributed by atoms with Crippen LogP contribution in [0.25, 0.3) is 10.9 Å². The number of hydrogen-bond donors (Lipinski definition) is 1. The summed E-state index contributed by atoms with van der Waals surface area (Å²) in [5, 5.41) is 2.23. The van der Waals surface area contributed by atoms with E-state index in [1.807, 2.05) is 0 Å². The van der Waals surface area contributed by atoms with Crippen molar-refractivity contribution < 1.29 is 18.4 Å². The lowest BCUT2D eigenvalue weighted by Gasteiger charge is -2.35. The van der Waals surface area contributed by atoms with E-state index in [4.69, 9.17) is 0 Å². The monoisotopic (exact) mass is 390 g/mol. The van der Waals surface area contributed by atoms with E-state index >= 15 is 8.78 Å². The van der Waals surface area contributed by atoms with Crippen LogP contribution in [0.3, 0.4) is 0 Å². The minimum absolute atomic E-state index is 0.00738. The van der Waals surface area contributed by atoms with Crippen molar-refractivity contribution in [2.75, 3.05) is 36.4 Å². The van der Waals surface area contributed by atoms with Gasteiger partial charge in [-0.3, -0.25) is 14.4 Å². The molecule has 28 heavy (non-hydrogen) atoms. The summed E-state index contributed by atoms with van der Waals surface area (Å²) in [6.45, 7) is 2.37. The van der Waals surface area contributed by atoms with Gasteiger partial charge in [-0.1, -0.05) is 0 Å². The van der Waals surface area contributed by atoms with E-state index in [9.17, 15) is 14.4 Å². The number of nitrogens with one attached hydrogen (secondary N) is 1. The molecule has 1 aliphatic carbocycles. The van der Waals surface area contributed by atoms with Gasteiger partial charge in [-0.2, -0.15) is 0 Å². The van der Waals surface area contributed by atoms with Gasteiger partial charge in [-0.25, -0.2) is 8.78 Å². The largest absolute Gasteiger partial charge is 0.363 e. The zero-order chi connectivity index (χ0) is 20.0. The van der Waals surface area contributed by atoms with E-state index in [0.717, 1.165) is 12.8 Å². The van der Waals surface area contributed by atoms with Crippen molar-refractivity contribution in [2.45, 2.75) is 25.8 Å². The summed E-state index contributed by atoms with van der Waals surface area (Å²) in [7, 11) is 0. The van der Waals surface area contributed by atoms with Crippen LogP contribution < -0.4 is 15.6 Å². The second kappa shape index (κ2) is 6.88. The molecule has 9 heteroatoms. The fraction of sp³-hybridized carbons (Fsp3) is 0.421. The van der Waals surface area contributed by atoms with Crippen molar-refractivity contribution >= 4 is 34.6 Å². The molecule has 0 atom stereocenters. The van der Waals surface area contributed by atoms with Crippen LogP contribution in [0.1, 0.15) is 25.8 Å². The Balaban J connectivity index is 1.97. The Bertz CT molecular complexity index is 1020. The second-order valence-electron chi connectivity index (χ2n) is 7.20. The Morgan fingerprint density at radius 1 is 1.18 bits per heavy atom. The standard InChI is InChI=1S/C19H20F2N4O3/c1-11(27)22-17-14-13(28)4-5-25(12-2-3-12)18(14)16(21)19(15(17)20)24-8-6-23(10-26)7-9-24/h4-5,10,12H,2-3,6-9H2,1H3,(H,22,27). The average molecular weight is 390 g/mol. The van der Waals surface area contributed by atoms with Gasteiger partial charge in [0.15, 0.2) is 17.1 Å². The summed E-state index contributed by atoms with van der Waals surface area (Å²) >= 11 is 0. The molecule has 2 fully saturated rings. The highest BCUT2D eigenvalue weighted by Crippen LogP contribution is 2.42. The minimum Gasteiger partial charge on any atom is -0.363 e. The third kappa shape index (κ3) is 3.00. The number of pyridine rings is 1. The number of rotatable bonds is 4. The van der Waals surface area contributed by atoms with Gasteiger partial charge in [-0.15, -0.1) is 0 Å². The van der Waals surface area contributed by atoms with E-state index in [-0.39, 0.29) is 41.4 Å². The van der Waals surface area contributed by atoms with E-state index in [2.05, 4.69) is 5.32 Å². The second-order valence-corrected chi connectivity index (χ2v) is 7.20. The molecule has 2 aliphatic rings. The normalized spacial score (nSPS) is 17.1. The lowest BCUT2D eigenvalue weighted by atomic mass is 10.1. The van der Waals surface area contributed by atoms with Crippen LogP contribution in [0.2, 0.25) is 0 Å². The first-order valence-corrected chi connectivity index (χ1v) is 9.20. The van der Waals surface area contributed by atoms with Gasteiger partial charge in [0.2, 0.25) is 12.3 Å². The molecule has 1 saturated carbocycles. The van der Waals surface area contributed by atoms with E-state index in [1.54, 1.807) is 4.57 Å². The molecule has 2 heterocycles. The molecule has 0 unspecified atom stereocenters. The molecule has 1 aromatic carbocycles. The number of aromatic nitrogens is 1. The third-order valence-electron chi connectivity index (χ3n) is 5.24. The number of carbonyl (C=O) groups excluding carboxylic acids is 2. The number of fused-ring (bicyclic) bond motifs is 1. The topological polar surface area (TPSA) is 74.7 Å². The zero-order valence-corrected chi connectivity index (χ0v) is 15.4. The molecule has 2 aromatic rings. The molecule has 1 saturated heterocycles. The van der Waals surface area contributed by atoms with Gasteiger partial charge in [-0.05, 0) is 12.8 Å². The number of benzene rings is 1. The maximum Gasteiger partial charge on any atom is 0.221 e. The first kappa shape index (κ1) is 18.4. The number of carbonyl (C=O) groups is 2. The number of anilines is 2. The van der Waals surface area contributed by atoms with Crippen molar-refractivity contribution in [2.24, 2.45) is 0 Å². The SMILES string of the molecule is CC(=O)Nc1c(F)c(N2CCN(C=O)CC2)c(F)c2c1c(=O)ccn2C1CC1. The van der Waals surface area contributed by atoms with Gasteiger partial charge in [0, 0.05) is 51.4 Å². The number of hydrogen-bond acceptors (Lipinski definition) is 4. The predicted octanol–water partition coefficient (Wildman–Crippen LogP) is 1.85. The minimum atomic E-state index is -0.967. The molecule has 1 N–H and O–H groups in total. The van der Waals surface area contributed by atoms with Crippen molar-refractivity contribution in [1.82, 2.24) is 9.47 Å². The first-order chi connectivity index (χ1) is 13.4. The average Bonchev–Trinajstić information content (AvgIpc) is 3.50. The van der Waals surface area contributed by atoms with Crippen molar-refractivity contribution in [3.05, 3.63) is 34.1 Å². The molecular weight excluding hydrogens is 370 g/mol. The molecular formula is C19H20F2N4O3. The fourth-order valence-electron chi connectivity index (χ4n) is 3.73. The summed E-state index contributed by atoms with van der Waals surface area (Å²) in [5.74, 6) is -2.33. The Morgan fingerprint density at radius 2 is 1.86 bits per heavy atom. The van der Waals surface area contributed by atoms with Crippen LogP contribution in [0.4, 0.5) is 20.2 Å². The fourth-order valence-corrected chi connectivity index (χ4v) is 3.73. The van der Waals surface area contributed by atoms with E-state index in [1.165, 1.54) is 29.0 Å². The Labute approximate surface area is 159 Å². The Kier molecular flexibility index (Phi) is 4.52. The van der Waals surface area contributed by atoms with Crippen molar-refractivity contribution in [3.63, 3.8) is 0 Å². The highest BCUT2D eigenvalue weighted by molar-refractivity contribution is 6.03. The Morgan fingerprint density at radius 3 is 2.43 bits per heavy atom. The lowest BCUT2D eigenvalue weighted by molar-refractivity contribution is -0.118. The van der Waals surface area contributed by atoms with E-state index in [0.29, 0.717) is 19.5 Å². The lowest BCUT2D eigenvalue weighted by Crippen LogP contribution is -2.46.